The zero-order chi connectivity index (χ0) is 20.5. The standard InChI is InChI=1S/C23H25N5O/c1-14-8-7-9-17-12-20(15(2)26-22-19(24)13-25-16(3)27-22)28(23(29)21(14)17)18-10-5-4-6-11-18/h4-6,9-13,15H,7-8,24H2,1-3H3,(H,25,26,27). The van der Waals surface area contributed by atoms with Crippen molar-refractivity contribution < 1.29 is 0 Å². The Bertz CT molecular complexity index is 1240. The molecular weight excluding hydrogens is 362 g/mol. The van der Waals surface area contributed by atoms with Crippen LogP contribution in [0.25, 0.3) is 17.3 Å². The van der Waals surface area contributed by atoms with Crippen LogP contribution in [0.1, 0.15) is 44.2 Å². The molecule has 29 heavy (non-hydrogen) atoms. The number of para-hydroxylation sites is 1. The minimum atomic E-state index is -0.194. The molecule has 0 fully saturated rings. The summed E-state index contributed by atoms with van der Waals surface area (Å²) in [5.41, 5.74) is 9.39. The third kappa shape index (κ3) is 3.53. The molecular formula is C23H25N5O. The minimum Gasteiger partial charge on any atom is -0.394 e. The van der Waals surface area contributed by atoms with Gasteiger partial charge in [-0.25, -0.2) is 9.97 Å². The highest BCUT2D eigenvalue weighted by Gasteiger charge is 2.18. The summed E-state index contributed by atoms with van der Waals surface area (Å²) in [6.07, 6.45) is 5.62. The van der Waals surface area contributed by atoms with Gasteiger partial charge in [0.1, 0.15) is 5.82 Å². The maximum atomic E-state index is 13.6. The average Bonchev–Trinajstić information content (AvgIpc) is 2.71. The SMILES string of the molecule is CC1=c2c(cc(C(C)Nc3nc(C)ncc3N)n(-c3ccccc3)c2=O)=CCC1. The molecule has 6 heteroatoms. The molecule has 1 atom stereocenters. The van der Waals surface area contributed by atoms with E-state index in [9.17, 15) is 4.79 Å². The fourth-order valence-electron chi connectivity index (χ4n) is 3.84. The molecule has 0 spiro atoms. The van der Waals surface area contributed by atoms with Gasteiger partial charge in [0, 0.05) is 16.6 Å². The lowest BCUT2D eigenvalue weighted by Gasteiger charge is -2.22. The Morgan fingerprint density at radius 2 is 1.97 bits per heavy atom. The second-order valence-corrected chi connectivity index (χ2v) is 7.49. The minimum absolute atomic E-state index is 0.0117. The fourth-order valence-corrected chi connectivity index (χ4v) is 3.84. The number of nitrogens with one attached hydrogen (secondary N) is 1. The van der Waals surface area contributed by atoms with Gasteiger partial charge in [0.05, 0.1) is 17.9 Å². The quantitative estimate of drug-likeness (QED) is 0.718. The number of pyridine rings is 1. The van der Waals surface area contributed by atoms with Crippen LogP contribution in [0.2, 0.25) is 0 Å². The summed E-state index contributed by atoms with van der Waals surface area (Å²) in [6.45, 7) is 5.88. The zero-order valence-corrected chi connectivity index (χ0v) is 16.9. The van der Waals surface area contributed by atoms with Crippen molar-refractivity contribution in [2.24, 2.45) is 0 Å². The predicted octanol–water partition coefficient (Wildman–Crippen LogP) is 2.44. The molecule has 0 radical (unpaired) electrons. The van der Waals surface area contributed by atoms with Gasteiger partial charge < -0.3 is 11.1 Å². The number of hydrogen-bond donors (Lipinski definition) is 2. The molecule has 1 aromatic carbocycles. The Labute approximate surface area is 169 Å². The van der Waals surface area contributed by atoms with Crippen LogP contribution >= 0.6 is 0 Å². The summed E-state index contributed by atoms with van der Waals surface area (Å²) >= 11 is 0. The molecule has 3 N–H and O–H groups in total. The number of aromatic nitrogens is 3. The fraction of sp³-hybridized carbons (Fsp3) is 0.261. The number of fused-ring (bicyclic) bond motifs is 1. The van der Waals surface area contributed by atoms with E-state index in [1.54, 1.807) is 10.8 Å². The first-order valence-electron chi connectivity index (χ1n) is 9.82. The summed E-state index contributed by atoms with van der Waals surface area (Å²) in [7, 11) is 0. The van der Waals surface area contributed by atoms with Gasteiger partial charge in [0.2, 0.25) is 0 Å². The molecule has 0 saturated carbocycles. The van der Waals surface area contributed by atoms with Crippen LogP contribution < -0.4 is 27.0 Å². The number of nitrogen functional groups attached to an aromatic ring is 1. The van der Waals surface area contributed by atoms with E-state index >= 15 is 0 Å². The van der Waals surface area contributed by atoms with Crippen LogP contribution in [-0.4, -0.2) is 14.5 Å². The van der Waals surface area contributed by atoms with Crippen molar-refractivity contribution in [1.29, 1.82) is 0 Å². The van der Waals surface area contributed by atoms with Gasteiger partial charge in [0.15, 0.2) is 5.82 Å². The summed E-state index contributed by atoms with van der Waals surface area (Å²) in [5.74, 6) is 1.21. The maximum Gasteiger partial charge on any atom is 0.263 e. The number of benzene rings is 1. The van der Waals surface area contributed by atoms with Crippen LogP contribution in [-0.2, 0) is 0 Å². The van der Waals surface area contributed by atoms with Crippen molar-refractivity contribution in [2.75, 3.05) is 11.1 Å². The molecule has 1 aliphatic carbocycles. The molecule has 6 nitrogen and oxygen atoms in total. The Morgan fingerprint density at radius 3 is 2.72 bits per heavy atom. The lowest BCUT2D eigenvalue weighted by atomic mass is 10.00. The van der Waals surface area contributed by atoms with E-state index in [-0.39, 0.29) is 11.6 Å². The Hall–Kier alpha value is -3.41. The predicted molar refractivity (Wildman–Crippen MR) is 117 cm³/mol. The van der Waals surface area contributed by atoms with Crippen LogP contribution in [0.15, 0.2) is 47.4 Å². The van der Waals surface area contributed by atoms with Gasteiger partial charge in [-0.2, -0.15) is 0 Å². The Balaban J connectivity index is 1.93. The second kappa shape index (κ2) is 7.54. The number of hydrogen-bond acceptors (Lipinski definition) is 5. The van der Waals surface area contributed by atoms with Gasteiger partial charge in [-0.1, -0.05) is 29.8 Å². The highest BCUT2D eigenvalue weighted by Crippen LogP contribution is 2.22. The first kappa shape index (κ1) is 18.9. The monoisotopic (exact) mass is 387 g/mol. The highest BCUT2D eigenvalue weighted by molar-refractivity contribution is 5.60. The zero-order valence-electron chi connectivity index (χ0n) is 16.9. The second-order valence-electron chi connectivity index (χ2n) is 7.49. The van der Waals surface area contributed by atoms with Crippen LogP contribution in [0.4, 0.5) is 11.5 Å². The molecule has 0 aliphatic heterocycles. The number of nitrogens with two attached hydrogens (primary N) is 1. The summed E-state index contributed by atoms with van der Waals surface area (Å²) in [4.78, 5) is 22.1. The molecule has 4 rings (SSSR count). The maximum absolute atomic E-state index is 13.6. The van der Waals surface area contributed by atoms with Gasteiger partial charge in [-0.15, -0.1) is 0 Å². The summed E-state index contributed by atoms with van der Waals surface area (Å²) in [5, 5.41) is 5.18. The van der Waals surface area contributed by atoms with Crippen molar-refractivity contribution >= 4 is 23.2 Å². The number of rotatable bonds is 4. The lowest BCUT2D eigenvalue weighted by molar-refractivity contribution is 0.757. The molecule has 1 aliphatic rings. The lowest BCUT2D eigenvalue weighted by Crippen LogP contribution is -2.48. The van der Waals surface area contributed by atoms with Crippen molar-refractivity contribution in [3.8, 4) is 5.69 Å². The molecule has 0 amide bonds. The van der Waals surface area contributed by atoms with Crippen molar-refractivity contribution in [1.82, 2.24) is 14.5 Å². The van der Waals surface area contributed by atoms with E-state index in [4.69, 9.17) is 5.73 Å². The van der Waals surface area contributed by atoms with Gasteiger partial charge >= 0.3 is 0 Å². The van der Waals surface area contributed by atoms with Crippen LogP contribution in [0.3, 0.4) is 0 Å². The molecule has 148 valence electrons. The van der Waals surface area contributed by atoms with Crippen LogP contribution in [0, 0.1) is 6.92 Å². The Morgan fingerprint density at radius 1 is 1.21 bits per heavy atom. The smallest absolute Gasteiger partial charge is 0.263 e. The number of aryl methyl sites for hydroxylation is 1. The molecule has 2 aromatic heterocycles. The number of anilines is 2. The van der Waals surface area contributed by atoms with Crippen molar-refractivity contribution in [2.45, 2.75) is 39.7 Å². The van der Waals surface area contributed by atoms with E-state index in [0.29, 0.717) is 17.3 Å². The van der Waals surface area contributed by atoms with Gasteiger partial charge in [-0.3, -0.25) is 9.36 Å². The van der Waals surface area contributed by atoms with E-state index in [1.807, 2.05) is 51.1 Å². The van der Waals surface area contributed by atoms with Crippen molar-refractivity contribution in [3.63, 3.8) is 0 Å². The summed E-state index contributed by atoms with van der Waals surface area (Å²) in [6, 6.07) is 11.7. The Kier molecular flexibility index (Phi) is 4.92. The average molecular weight is 387 g/mol. The van der Waals surface area contributed by atoms with E-state index in [1.165, 1.54) is 0 Å². The molecule has 2 heterocycles. The molecule has 0 bridgehead atoms. The third-order valence-corrected chi connectivity index (χ3v) is 5.33. The topological polar surface area (TPSA) is 85.8 Å². The van der Waals surface area contributed by atoms with E-state index < -0.39 is 0 Å². The highest BCUT2D eigenvalue weighted by atomic mass is 16.1. The van der Waals surface area contributed by atoms with Gasteiger partial charge in [0.25, 0.3) is 5.56 Å². The normalized spacial score (nSPS) is 14.1. The molecule has 1 unspecified atom stereocenters. The van der Waals surface area contributed by atoms with Crippen LogP contribution in [0.5, 0.6) is 0 Å². The van der Waals surface area contributed by atoms with Gasteiger partial charge in [-0.05, 0) is 57.0 Å². The first-order valence-corrected chi connectivity index (χ1v) is 9.82. The number of nitrogens with zero attached hydrogens (tertiary/aromatic N) is 3. The third-order valence-electron chi connectivity index (χ3n) is 5.33. The largest absolute Gasteiger partial charge is 0.394 e. The van der Waals surface area contributed by atoms with E-state index in [2.05, 4.69) is 27.4 Å². The van der Waals surface area contributed by atoms with E-state index in [0.717, 1.165) is 40.2 Å². The molecule has 0 saturated heterocycles. The molecule has 3 aromatic rings. The van der Waals surface area contributed by atoms with Crippen molar-refractivity contribution in [3.05, 3.63) is 74.9 Å². The first-order chi connectivity index (χ1) is 14.0. The summed E-state index contributed by atoms with van der Waals surface area (Å²) < 4.78 is 1.80.